The number of hydrogen-bond donors (Lipinski definition) is 1. The third-order valence-corrected chi connectivity index (χ3v) is 3.23. The molecule has 4 heteroatoms. The van der Waals surface area contributed by atoms with Gasteiger partial charge in [-0.1, -0.05) is 12.1 Å². The van der Waals surface area contributed by atoms with E-state index in [0.717, 1.165) is 23.0 Å². The fraction of sp³-hybridized carbons (Fsp3) is 0.538. The van der Waals surface area contributed by atoms with Crippen LogP contribution in [0.3, 0.4) is 0 Å². The standard InChI is InChI=1S/C13H21NO2S/c1-3-15-12-6-4-5-7-13(12)16-8-9-17-10-11(2)14/h4-7,11H,3,8-10,14H2,1-2H3. The Morgan fingerprint density at radius 2 is 1.88 bits per heavy atom. The molecule has 0 heterocycles. The van der Waals surface area contributed by atoms with Crippen LogP contribution in [0, 0.1) is 0 Å². The van der Waals surface area contributed by atoms with Crippen LogP contribution in [0.5, 0.6) is 11.5 Å². The molecule has 1 rings (SSSR count). The van der Waals surface area contributed by atoms with E-state index in [1.165, 1.54) is 0 Å². The van der Waals surface area contributed by atoms with E-state index in [4.69, 9.17) is 15.2 Å². The second-order valence-corrected chi connectivity index (χ2v) is 4.93. The van der Waals surface area contributed by atoms with E-state index in [1.807, 2.05) is 49.9 Å². The van der Waals surface area contributed by atoms with Crippen LogP contribution in [0.15, 0.2) is 24.3 Å². The summed E-state index contributed by atoms with van der Waals surface area (Å²) < 4.78 is 11.2. The highest BCUT2D eigenvalue weighted by Gasteiger charge is 2.03. The van der Waals surface area contributed by atoms with Crippen LogP contribution in [0.4, 0.5) is 0 Å². The molecule has 1 atom stereocenters. The van der Waals surface area contributed by atoms with Crippen molar-refractivity contribution in [1.29, 1.82) is 0 Å². The lowest BCUT2D eigenvalue weighted by molar-refractivity contribution is 0.289. The van der Waals surface area contributed by atoms with Crippen molar-refractivity contribution >= 4 is 11.8 Å². The van der Waals surface area contributed by atoms with E-state index >= 15 is 0 Å². The number of nitrogens with two attached hydrogens (primary N) is 1. The lowest BCUT2D eigenvalue weighted by Crippen LogP contribution is -2.18. The van der Waals surface area contributed by atoms with Gasteiger partial charge in [-0.2, -0.15) is 11.8 Å². The topological polar surface area (TPSA) is 44.5 Å². The van der Waals surface area contributed by atoms with Crippen molar-refractivity contribution in [3.8, 4) is 11.5 Å². The largest absolute Gasteiger partial charge is 0.490 e. The molecule has 1 aromatic rings. The molecule has 0 aliphatic rings. The highest BCUT2D eigenvalue weighted by atomic mass is 32.2. The number of ether oxygens (including phenoxy) is 2. The van der Waals surface area contributed by atoms with E-state index < -0.39 is 0 Å². The maximum Gasteiger partial charge on any atom is 0.161 e. The molecule has 1 aromatic carbocycles. The van der Waals surface area contributed by atoms with Crippen LogP contribution in [0.1, 0.15) is 13.8 Å². The van der Waals surface area contributed by atoms with Gasteiger partial charge in [0, 0.05) is 17.5 Å². The molecule has 96 valence electrons. The van der Waals surface area contributed by atoms with Gasteiger partial charge in [0.25, 0.3) is 0 Å². The Bertz CT molecular complexity index is 318. The first-order valence-electron chi connectivity index (χ1n) is 5.92. The van der Waals surface area contributed by atoms with Gasteiger partial charge in [0.2, 0.25) is 0 Å². The molecule has 0 bridgehead atoms. The van der Waals surface area contributed by atoms with Crippen molar-refractivity contribution in [3.63, 3.8) is 0 Å². The van der Waals surface area contributed by atoms with E-state index in [1.54, 1.807) is 0 Å². The zero-order valence-corrected chi connectivity index (χ0v) is 11.3. The van der Waals surface area contributed by atoms with Crippen LogP contribution < -0.4 is 15.2 Å². The van der Waals surface area contributed by atoms with Gasteiger partial charge in [-0.3, -0.25) is 0 Å². The quantitative estimate of drug-likeness (QED) is 0.725. The van der Waals surface area contributed by atoms with Crippen molar-refractivity contribution in [2.75, 3.05) is 24.7 Å². The summed E-state index contributed by atoms with van der Waals surface area (Å²) in [6, 6.07) is 8.00. The molecule has 0 aliphatic carbocycles. The fourth-order valence-corrected chi connectivity index (χ4v) is 2.06. The summed E-state index contributed by atoms with van der Waals surface area (Å²) >= 11 is 1.81. The predicted molar refractivity (Wildman–Crippen MR) is 74.1 cm³/mol. The van der Waals surface area contributed by atoms with Crippen molar-refractivity contribution in [1.82, 2.24) is 0 Å². The minimum atomic E-state index is 0.246. The first-order chi connectivity index (χ1) is 8.24. The maximum atomic E-state index is 5.68. The first-order valence-corrected chi connectivity index (χ1v) is 7.07. The van der Waals surface area contributed by atoms with E-state index in [-0.39, 0.29) is 6.04 Å². The molecule has 0 spiro atoms. The van der Waals surface area contributed by atoms with Crippen LogP contribution in [-0.2, 0) is 0 Å². The van der Waals surface area contributed by atoms with E-state index in [0.29, 0.717) is 13.2 Å². The third-order valence-electron chi connectivity index (χ3n) is 2.01. The molecule has 17 heavy (non-hydrogen) atoms. The monoisotopic (exact) mass is 255 g/mol. The van der Waals surface area contributed by atoms with Gasteiger partial charge >= 0.3 is 0 Å². The van der Waals surface area contributed by atoms with Crippen LogP contribution in [0.2, 0.25) is 0 Å². The summed E-state index contributed by atoms with van der Waals surface area (Å²) in [5, 5.41) is 0. The molecule has 0 amide bonds. The van der Waals surface area contributed by atoms with Crippen LogP contribution >= 0.6 is 11.8 Å². The van der Waals surface area contributed by atoms with E-state index in [9.17, 15) is 0 Å². The van der Waals surface area contributed by atoms with Gasteiger partial charge in [-0.25, -0.2) is 0 Å². The molecule has 3 nitrogen and oxygen atoms in total. The van der Waals surface area contributed by atoms with Gasteiger partial charge in [0.05, 0.1) is 13.2 Å². The molecule has 0 saturated heterocycles. The summed E-state index contributed by atoms with van der Waals surface area (Å²) in [4.78, 5) is 0. The Morgan fingerprint density at radius 1 is 1.24 bits per heavy atom. The number of benzene rings is 1. The second-order valence-electron chi connectivity index (χ2n) is 3.78. The third kappa shape index (κ3) is 5.84. The second kappa shape index (κ2) is 8.25. The number of rotatable bonds is 8. The SMILES string of the molecule is CCOc1ccccc1OCCSCC(C)N. The molecule has 0 aromatic heterocycles. The average molecular weight is 255 g/mol. The Labute approximate surface area is 108 Å². The first kappa shape index (κ1) is 14.2. The summed E-state index contributed by atoms with van der Waals surface area (Å²) in [6.45, 7) is 5.31. The Morgan fingerprint density at radius 3 is 2.47 bits per heavy atom. The van der Waals surface area contributed by atoms with Gasteiger partial charge in [-0.05, 0) is 26.0 Å². The smallest absolute Gasteiger partial charge is 0.161 e. The summed E-state index contributed by atoms with van der Waals surface area (Å²) in [5.41, 5.74) is 5.67. The minimum Gasteiger partial charge on any atom is -0.490 e. The number of para-hydroxylation sites is 2. The van der Waals surface area contributed by atoms with Crippen molar-refractivity contribution in [2.24, 2.45) is 5.73 Å². The van der Waals surface area contributed by atoms with E-state index in [2.05, 4.69) is 0 Å². The highest BCUT2D eigenvalue weighted by molar-refractivity contribution is 7.99. The predicted octanol–water partition coefficient (Wildman–Crippen LogP) is 2.54. The van der Waals surface area contributed by atoms with Crippen molar-refractivity contribution in [2.45, 2.75) is 19.9 Å². The summed E-state index contributed by atoms with van der Waals surface area (Å²) in [7, 11) is 0. The Balaban J connectivity index is 2.30. The average Bonchev–Trinajstić information content (AvgIpc) is 2.31. The van der Waals surface area contributed by atoms with Gasteiger partial charge in [0.1, 0.15) is 0 Å². The zero-order chi connectivity index (χ0) is 12.5. The molecule has 0 saturated carbocycles. The lowest BCUT2D eigenvalue weighted by Gasteiger charge is -2.11. The van der Waals surface area contributed by atoms with Gasteiger partial charge < -0.3 is 15.2 Å². The number of hydrogen-bond acceptors (Lipinski definition) is 4. The molecule has 1 unspecified atom stereocenters. The maximum absolute atomic E-state index is 5.68. The highest BCUT2D eigenvalue weighted by Crippen LogP contribution is 2.26. The molecule has 0 radical (unpaired) electrons. The molecular weight excluding hydrogens is 234 g/mol. The Kier molecular flexibility index (Phi) is 6.89. The van der Waals surface area contributed by atoms with Crippen LogP contribution in [-0.4, -0.2) is 30.8 Å². The number of thioether (sulfide) groups is 1. The Hall–Kier alpha value is -0.870. The van der Waals surface area contributed by atoms with Crippen LogP contribution in [0.25, 0.3) is 0 Å². The van der Waals surface area contributed by atoms with Gasteiger partial charge in [0.15, 0.2) is 11.5 Å². The molecule has 0 fully saturated rings. The lowest BCUT2D eigenvalue weighted by atomic mass is 10.3. The van der Waals surface area contributed by atoms with Gasteiger partial charge in [-0.15, -0.1) is 0 Å². The molecule has 0 aliphatic heterocycles. The minimum absolute atomic E-state index is 0.246. The normalized spacial score (nSPS) is 12.2. The zero-order valence-electron chi connectivity index (χ0n) is 10.5. The van der Waals surface area contributed by atoms with Crippen molar-refractivity contribution < 1.29 is 9.47 Å². The molecular formula is C13H21NO2S. The summed E-state index contributed by atoms with van der Waals surface area (Å²) in [5.74, 6) is 3.54. The van der Waals surface area contributed by atoms with Crippen molar-refractivity contribution in [3.05, 3.63) is 24.3 Å². The molecule has 2 N–H and O–H groups in total. The summed E-state index contributed by atoms with van der Waals surface area (Å²) in [6.07, 6.45) is 0. The fourth-order valence-electron chi connectivity index (χ4n) is 1.32.